The Bertz CT molecular complexity index is 2250. The minimum absolute atomic E-state index is 0.0361. The Balaban J connectivity index is 0.000000207. The van der Waals surface area contributed by atoms with E-state index in [9.17, 15) is 23.6 Å². The van der Waals surface area contributed by atoms with Crippen molar-refractivity contribution >= 4 is 39.6 Å². The molecule has 4 fully saturated rings. The van der Waals surface area contributed by atoms with Crippen LogP contribution in [0, 0.1) is 5.82 Å². The molecular weight excluding hydrogens is 954 g/mol. The third kappa shape index (κ3) is 16.2. The molecule has 4 amide bonds. The van der Waals surface area contributed by atoms with E-state index < -0.39 is 0 Å². The van der Waals surface area contributed by atoms with Gasteiger partial charge in [-0.3, -0.25) is 34.0 Å². The van der Waals surface area contributed by atoms with Crippen molar-refractivity contribution in [2.45, 2.75) is 126 Å². The number of hydrogen-bond donors (Lipinski definition) is 4. The number of ether oxygens (including phenoxy) is 2. The van der Waals surface area contributed by atoms with E-state index in [0.717, 1.165) is 122 Å². The average molecular weight is 1030 g/mol. The molecule has 0 atom stereocenters. The number of carbonyl (C=O) groups is 4. The lowest BCUT2D eigenvalue weighted by atomic mass is 9.74. The molecule has 376 valence electrons. The molecule has 4 aliphatic rings. The van der Waals surface area contributed by atoms with Crippen LogP contribution >= 0.6 is 15.9 Å². The number of morpholine rings is 2. The van der Waals surface area contributed by atoms with Crippen LogP contribution in [0.2, 0.25) is 0 Å². The summed E-state index contributed by atoms with van der Waals surface area (Å²) >= 11 is 3.22. The molecule has 2 saturated heterocycles. The molecule has 15 heteroatoms. The maximum atomic E-state index is 13.9. The normalized spacial score (nSPS) is 22.9. The minimum atomic E-state index is -0.375. The summed E-state index contributed by atoms with van der Waals surface area (Å²) in [7, 11) is 0. The summed E-state index contributed by atoms with van der Waals surface area (Å²) in [5.41, 5.74) is 4.34. The lowest BCUT2D eigenvalue weighted by Gasteiger charge is -2.50. The van der Waals surface area contributed by atoms with Gasteiger partial charge in [0.05, 0.1) is 26.4 Å². The lowest BCUT2D eigenvalue weighted by Crippen LogP contribution is -2.58. The van der Waals surface area contributed by atoms with Crippen molar-refractivity contribution in [3.05, 3.63) is 136 Å². The third-order valence-corrected chi connectivity index (χ3v) is 15.1. The summed E-state index contributed by atoms with van der Waals surface area (Å²) in [5, 5.41) is 11.9. The first-order valence-electron chi connectivity index (χ1n) is 25.2. The Kier molecular flexibility index (Phi) is 20.3. The van der Waals surface area contributed by atoms with Crippen molar-refractivity contribution in [2.75, 3.05) is 52.6 Å². The van der Waals surface area contributed by atoms with Crippen LogP contribution in [0.5, 0.6) is 0 Å². The van der Waals surface area contributed by atoms with Gasteiger partial charge in [-0.25, -0.2) is 4.39 Å². The molecule has 0 spiro atoms. The van der Waals surface area contributed by atoms with Gasteiger partial charge in [0, 0.05) is 111 Å². The Morgan fingerprint density at radius 1 is 0.571 bits per heavy atom. The number of rotatable bonds is 18. The van der Waals surface area contributed by atoms with Gasteiger partial charge in [0.25, 0.3) is 0 Å². The number of hydrogen-bond acceptors (Lipinski definition) is 9. The zero-order valence-electron chi connectivity index (χ0n) is 40.5. The number of nitrogens with zero attached hydrogens (tertiary/aromatic N) is 3. The van der Waals surface area contributed by atoms with E-state index in [2.05, 4.69) is 113 Å². The summed E-state index contributed by atoms with van der Waals surface area (Å²) in [6.45, 7) is 7.52. The van der Waals surface area contributed by atoms with Gasteiger partial charge in [-0.05, 0) is 105 Å². The van der Waals surface area contributed by atoms with Gasteiger partial charge in [0.1, 0.15) is 5.82 Å². The zero-order chi connectivity index (χ0) is 49.0. The van der Waals surface area contributed by atoms with Crippen LogP contribution in [0.25, 0.3) is 0 Å². The van der Waals surface area contributed by atoms with Gasteiger partial charge in [-0.2, -0.15) is 0 Å². The number of halogens is 2. The van der Waals surface area contributed by atoms with Crippen molar-refractivity contribution in [2.24, 2.45) is 0 Å². The van der Waals surface area contributed by atoms with Crippen molar-refractivity contribution in [1.82, 2.24) is 36.1 Å². The van der Waals surface area contributed by atoms with E-state index in [1.54, 1.807) is 24.5 Å². The second-order valence-corrected chi connectivity index (χ2v) is 20.2. The van der Waals surface area contributed by atoms with E-state index in [1.165, 1.54) is 17.2 Å². The van der Waals surface area contributed by atoms with Gasteiger partial charge >= 0.3 is 0 Å². The van der Waals surface area contributed by atoms with Gasteiger partial charge in [0.2, 0.25) is 23.6 Å². The maximum Gasteiger partial charge on any atom is 0.220 e. The van der Waals surface area contributed by atoms with Crippen LogP contribution in [0.15, 0.2) is 108 Å². The number of nitrogens with one attached hydrogen (secondary N) is 4. The molecular formula is C55H71BrFN7O6. The summed E-state index contributed by atoms with van der Waals surface area (Å²) in [5.74, 6) is -0.881. The first-order chi connectivity index (χ1) is 34.1. The van der Waals surface area contributed by atoms with E-state index >= 15 is 0 Å². The van der Waals surface area contributed by atoms with Gasteiger partial charge < -0.3 is 30.7 Å². The van der Waals surface area contributed by atoms with Crippen molar-refractivity contribution in [3.8, 4) is 0 Å². The fourth-order valence-electron chi connectivity index (χ4n) is 10.6. The van der Waals surface area contributed by atoms with E-state index in [0.29, 0.717) is 16.6 Å². The minimum Gasteiger partial charge on any atom is -0.379 e. The van der Waals surface area contributed by atoms with Crippen molar-refractivity contribution in [3.63, 3.8) is 0 Å². The predicted octanol–water partition coefficient (Wildman–Crippen LogP) is 7.21. The molecule has 3 heterocycles. The summed E-state index contributed by atoms with van der Waals surface area (Å²) in [6, 6.07) is 30.1. The fraction of sp³-hybridized carbons (Fsp3) is 0.509. The molecule has 2 aliphatic heterocycles. The first-order valence-corrected chi connectivity index (χ1v) is 26.0. The maximum absolute atomic E-state index is 13.9. The van der Waals surface area contributed by atoms with E-state index in [-0.39, 0.29) is 84.8 Å². The lowest BCUT2D eigenvalue weighted by molar-refractivity contribution is -0.127. The van der Waals surface area contributed by atoms with Crippen molar-refractivity contribution < 1.29 is 33.0 Å². The average Bonchev–Trinajstić information content (AvgIpc) is 3.39. The molecule has 3 aromatic carbocycles. The second-order valence-electron chi connectivity index (χ2n) is 19.3. The SMILES string of the molecule is O=C(CCC(=O)NC1CCC(Cc2ccccc2)(N2CCOCC2)CC1)NCc1ccc(Br)cc1F.O=C(CCC(=O)NC1CCC(Cc2ccccc2)(N2CCOCC2)CC1)NCc1ccncc1. The predicted molar refractivity (Wildman–Crippen MR) is 272 cm³/mol. The van der Waals surface area contributed by atoms with Gasteiger partial charge in [0.15, 0.2) is 0 Å². The summed E-state index contributed by atoms with van der Waals surface area (Å²) in [6.07, 6.45) is 14.0. The zero-order valence-corrected chi connectivity index (χ0v) is 42.1. The molecule has 13 nitrogen and oxygen atoms in total. The topological polar surface area (TPSA) is 154 Å². The molecule has 4 N–H and O–H groups in total. The third-order valence-electron chi connectivity index (χ3n) is 14.6. The van der Waals surface area contributed by atoms with Crippen LogP contribution < -0.4 is 21.3 Å². The summed E-state index contributed by atoms with van der Waals surface area (Å²) in [4.78, 5) is 58.6. The molecule has 1 aromatic heterocycles. The van der Waals surface area contributed by atoms with Crippen LogP contribution in [-0.2, 0) is 54.6 Å². The quantitative estimate of drug-likeness (QED) is 0.0811. The molecule has 2 aliphatic carbocycles. The Hall–Kier alpha value is -5.06. The Morgan fingerprint density at radius 3 is 1.44 bits per heavy atom. The Morgan fingerprint density at radius 2 is 1.00 bits per heavy atom. The smallest absolute Gasteiger partial charge is 0.220 e. The Labute approximate surface area is 421 Å². The molecule has 0 radical (unpaired) electrons. The van der Waals surface area contributed by atoms with Crippen LogP contribution in [0.3, 0.4) is 0 Å². The number of carbonyl (C=O) groups excluding carboxylic acids is 4. The summed E-state index contributed by atoms with van der Waals surface area (Å²) < 4.78 is 25.8. The van der Waals surface area contributed by atoms with E-state index in [1.807, 2.05) is 12.1 Å². The van der Waals surface area contributed by atoms with Crippen LogP contribution in [-0.4, -0.2) is 114 Å². The molecule has 4 aromatic rings. The van der Waals surface area contributed by atoms with Crippen molar-refractivity contribution in [1.29, 1.82) is 0 Å². The monoisotopic (exact) mass is 1020 g/mol. The van der Waals surface area contributed by atoms with Gasteiger partial charge in [-0.15, -0.1) is 0 Å². The molecule has 2 saturated carbocycles. The number of benzene rings is 3. The number of aromatic nitrogens is 1. The fourth-order valence-corrected chi connectivity index (χ4v) is 11.0. The van der Waals surface area contributed by atoms with Gasteiger partial charge in [-0.1, -0.05) is 82.7 Å². The second kappa shape index (κ2) is 27.0. The van der Waals surface area contributed by atoms with Crippen LogP contribution in [0.4, 0.5) is 4.39 Å². The standard InChI is InChI=1S/C28H35BrFN3O3.C27H36N4O3/c29-23-7-6-22(25(30)18-23)20-31-26(34)8-9-27(35)32-24-10-12-28(13-11-24,33-14-16-36-17-15-33)19-21-4-2-1-3-5-21;32-25(29-21-23-10-14-28-15-11-23)6-7-26(33)30-24-8-12-27(13-9-24,31-16-18-34-19-17-31)20-22-4-2-1-3-5-22/h1-7,18,24H,8-17,19-20H2,(H,31,34)(H,32,35);1-5,10-11,14-15,24H,6-9,12-13,16-21H2,(H,29,32)(H,30,33). The number of pyridine rings is 1. The molecule has 0 bridgehead atoms. The molecule has 8 rings (SSSR count). The van der Waals surface area contributed by atoms with Crippen LogP contribution in [0.1, 0.15) is 99.3 Å². The highest BCUT2D eigenvalue weighted by molar-refractivity contribution is 9.10. The largest absolute Gasteiger partial charge is 0.379 e. The first kappa shape index (κ1) is 52.8. The number of amides is 4. The van der Waals surface area contributed by atoms with E-state index in [4.69, 9.17) is 9.47 Å². The molecule has 70 heavy (non-hydrogen) atoms. The highest BCUT2D eigenvalue weighted by Gasteiger charge is 2.42. The highest BCUT2D eigenvalue weighted by atomic mass is 79.9. The molecule has 0 unspecified atom stereocenters. The highest BCUT2D eigenvalue weighted by Crippen LogP contribution is 2.39.